The smallest absolute Gasteiger partial charge is 0.258 e. The molecule has 0 spiro atoms. The number of benzene rings is 2. The fourth-order valence-electron chi connectivity index (χ4n) is 2.37. The van der Waals surface area contributed by atoms with E-state index in [1.807, 2.05) is 0 Å². The van der Waals surface area contributed by atoms with E-state index < -0.39 is 17.9 Å². The van der Waals surface area contributed by atoms with Crippen LogP contribution in [-0.2, 0) is 9.59 Å². The van der Waals surface area contributed by atoms with E-state index in [1.54, 1.807) is 48.5 Å². The van der Waals surface area contributed by atoms with Gasteiger partial charge in [-0.05, 0) is 29.8 Å². The largest absolute Gasteiger partial charge is 0.550 e. The summed E-state index contributed by atoms with van der Waals surface area (Å²) in [6.45, 7) is -0.278. The summed E-state index contributed by atoms with van der Waals surface area (Å²) in [6, 6.07) is 12.9. The Morgan fingerprint density at radius 3 is 2.23 bits per heavy atom. The molecule has 0 aliphatic heterocycles. The highest BCUT2D eigenvalue weighted by Crippen LogP contribution is 2.25. The number of methoxy groups -OCH3 is 2. The number of amides is 1. The van der Waals surface area contributed by atoms with Crippen LogP contribution in [0, 0.1) is 0 Å². The number of para-hydroxylation sites is 2. The number of nitrogens with one attached hydrogen (secondary N) is 1. The fourth-order valence-corrected chi connectivity index (χ4v) is 2.37. The van der Waals surface area contributed by atoms with Crippen molar-refractivity contribution in [3.63, 3.8) is 0 Å². The molecule has 0 aliphatic rings. The zero-order chi connectivity index (χ0) is 18.9. The summed E-state index contributed by atoms with van der Waals surface area (Å²) in [4.78, 5) is 23.2. The Labute approximate surface area is 151 Å². The van der Waals surface area contributed by atoms with Gasteiger partial charge < -0.3 is 29.4 Å². The van der Waals surface area contributed by atoms with E-state index in [-0.39, 0.29) is 13.0 Å². The quantitative estimate of drug-likeness (QED) is 0.720. The highest BCUT2D eigenvalue weighted by atomic mass is 16.5. The summed E-state index contributed by atoms with van der Waals surface area (Å²) in [5.41, 5.74) is 0.626. The van der Waals surface area contributed by atoms with Crippen LogP contribution in [-0.4, -0.2) is 32.7 Å². The van der Waals surface area contributed by atoms with E-state index in [1.165, 1.54) is 14.2 Å². The van der Waals surface area contributed by atoms with Gasteiger partial charge in [0.1, 0.15) is 5.75 Å². The molecule has 1 amide bonds. The van der Waals surface area contributed by atoms with Crippen molar-refractivity contribution in [2.45, 2.75) is 12.5 Å². The molecule has 0 saturated heterocycles. The summed E-state index contributed by atoms with van der Waals surface area (Å²) in [5, 5.41) is 13.7. The molecule has 2 aromatic rings. The monoisotopic (exact) mass is 358 g/mol. The van der Waals surface area contributed by atoms with Crippen LogP contribution >= 0.6 is 0 Å². The molecule has 2 rings (SSSR count). The fraction of sp³-hybridized carbons (Fsp3) is 0.263. The van der Waals surface area contributed by atoms with Gasteiger partial charge >= 0.3 is 0 Å². The van der Waals surface area contributed by atoms with Gasteiger partial charge in [0.05, 0.1) is 20.3 Å². The molecule has 1 atom stereocenters. The molecule has 0 radical (unpaired) electrons. The van der Waals surface area contributed by atoms with Gasteiger partial charge in [0, 0.05) is 12.4 Å². The first-order chi connectivity index (χ1) is 12.5. The molecule has 1 unspecified atom stereocenters. The van der Waals surface area contributed by atoms with Crippen molar-refractivity contribution in [1.82, 2.24) is 5.32 Å². The molecule has 138 valence electrons. The number of carboxylic acids is 1. The Kier molecular flexibility index (Phi) is 6.84. The number of rotatable bonds is 9. The topological polar surface area (TPSA) is 96.9 Å². The van der Waals surface area contributed by atoms with Gasteiger partial charge in [0.2, 0.25) is 0 Å². The average Bonchev–Trinajstić information content (AvgIpc) is 2.65. The van der Waals surface area contributed by atoms with Crippen LogP contribution in [0.5, 0.6) is 17.2 Å². The van der Waals surface area contributed by atoms with E-state index in [2.05, 4.69) is 5.32 Å². The van der Waals surface area contributed by atoms with Crippen molar-refractivity contribution in [1.29, 1.82) is 0 Å². The maximum Gasteiger partial charge on any atom is 0.258 e. The number of ether oxygens (including phenoxy) is 3. The van der Waals surface area contributed by atoms with Gasteiger partial charge in [0.25, 0.3) is 5.91 Å². The van der Waals surface area contributed by atoms with Crippen LogP contribution in [0.4, 0.5) is 0 Å². The lowest BCUT2D eigenvalue weighted by Crippen LogP contribution is -2.36. The number of hydrogen-bond donors (Lipinski definition) is 1. The van der Waals surface area contributed by atoms with E-state index in [9.17, 15) is 14.7 Å². The van der Waals surface area contributed by atoms with Crippen LogP contribution in [0.25, 0.3) is 0 Å². The van der Waals surface area contributed by atoms with Crippen molar-refractivity contribution < 1.29 is 28.9 Å². The molecule has 0 bridgehead atoms. The molecule has 0 heterocycles. The maximum absolute atomic E-state index is 12.2. The molecule has 7 nitrogen and oxygen atoms in total. The van der Waals surface area contributed by atoms with Crippen molar-refractivity contribution in [3.05, 3.63) is 54.1 Å². The molecule has 26 heavy (non-hydrogen) atoms. The number of aliphatic carboxylic acids is 1. The molecule has 0 saturated carbocycles. The van der Waals surface area contributed by atoms with Gasteiger partial charge in [-0.25, -0.2) is 0 Å². The molecular weight excluding hydrogens is 338 g/mol. The molecule has 0 aliphatic carbocycles. The lowest BCUT2D eigenvalue weighted by Gasteiger charge is -2.20. The Morgan fingerprint density at radius 2 is 1.65 bits per heavy atom. The number of carboxylic acid groups (broad SMARTS) is 1. The second-order valence-electron chi connectivity index (χ2n) is 5.41. The molecule has 2 aromatic carbocycles. The number of carbonyl (C=O) groups is 2. The van der Waals surface area contributed by atoms with Gasteiger partial charge in [-0.15, -0.1) is 0 Å². The van der Waals surface area contributed by atoms with E-state index in [0.29, 0.717) is 22.8 Å². The highest BCUT2D eigenvalue weighted by molar-refractivity contribution is 5.79. The van der Waals surface area contributed by atoms with Crippen LogP contribution in [0.1, 0.15) is 18.0 Å². The number of carbonyl (C=O) groups excluding carboxylic acids is 2. The third-order valence-electron chi connectivity index (χ3n) is 3.65. The van der Waals surface area contributed by atoms with Gasteiger partial charge in [-0.1, -0.05) is 24.3 Å². The van der Waals surface area contributed by atoms with Crippen molar-refractivity contribution in [2.24, 2.45) is 0 Å². The van der Waals surface area contributed by atoms with E-state index >= 15 is 0 Å². The Balaban J connectivity index is 2.02. The van der Waals surface area contributed by atoms with Crippen LogP contribution in [0.2, 0.25) is 0 Å². The summed E-state index contributed by atoms with van der Waals surface area (Å²) in [7, 11) is 3.03. The Bertz CT molecular complexity index is 744. The summed E-state index contributed by atoms with van der Waals surface area (Å²) in [6.07, 6.45) is -0.354. The number of hydrogen-bond acceptors (Lipinski definition) is 6. The molecular formula is C19H20NO6-. The van der Waals surface area contributed by atoms with Crippen LogP contribution in [0.3, 0.4) is 0 Å². The zero-order valence-corrected chi connectivity index (χ0v) is 14.6. The lowest BCUT2D eigenvalue weighted by atomic mass is 10.0. The summed E-state index contributed by atoms with van der Waals surface area (Å²) < 4.78 is 15.7. The second kappa shape index (κ2) is 9.31. The lowest BCUT2D eigenvalue weighted by molar-refractivity contribution is -0.306. The van der Waals surface area contributed by atoms with E-state index in [4.69, 9.17) is 14.2 Å². The second-order valence-corrected chi connectivity index (χ2v) is 5.41. The minimum atomic E-state index is -1.27. The van der Waals surface area contributed by atoms with Crippen molar-refractivity contribution in [2.75, 3.05) is 20.8 Å². The van der Waals surface area contributed by atoms with Crippen LogP contribution in [0.15, 0.2) is 48.5 Å². The maximum atomic E-state index is 12.2. The Morgan fingerprint density at radius 1 is 1.00 bits per heavy atom. The van der Waals surface area contributed by atoms with Crippen LogP contribution < -0.4 is 24.6 Å². The first-order valence-electron chi connectivity index (χ1n) is 7.92. The predicted molar refractivity (Wildman–Crippen MR) is 92.0 cm³/mol. The minimum absolute atomic E-state index is 0.278. The molecule has 0 fully saturated rings. The van der Waals surface area contributed by atoms with Gasteiger partial charge in [-0.2, -0.15) is 0 Å². The summed E-state index contributed by atoms with van der Waals surface area (Å²) in [5.74, 6) is -0.172. The van der Waals surface area contributed by atoms with Crippen molar-refractivity contribution >= 4 is 11.9 Å². The van der Waals surface area contributed by atoms with Crippen molar-refractivity contribution in [3.8, 4) is 17.2 Å². The third-order valence-corrected chi connectivity index (χ3v) is 3.65. The molecule has 1 N–H and O–H groups in total. The zero-order valence-electron chi connectivity index (χ0n) is 14.6. The van der Waals surface area contributed by atoms with Gasteiger partial charge in [0.15, 0.2) is 18.1 Å². The predicted octanol–water partition coefficient (Wildman–Crippen LogP) is 1.08. The summed E-state index contributed by atoms with van der Waals surface area (Å²) >= 11 is 0. The molecule has 7 heteroatoms. The first kappa shape index (κ1) is 19.1. The van der Waals surface area contributed by atoms with Gasteiger partial charge in [-0.3, -0.25) is 4.79 Å². The standard InChI is InChI=1S/C19H21NO6/c1-24-14-9-7-13(8-10-14)15(11-19(22)23)20-18(21)12-26-17-6-4-3-5-16(17)25-2/h3-10,15H,11-12H2,1-2H3,(H,20,21)(H,22,23)/p-1. The average molecular weight is 358 g/mol. The van der Waals surface area contributed by atoms with E-state index in [0.717, 1.165) is 0 Å². The normalized spacial score (nSPS) is 11.3. The third kappa shape index (κ3) is 5.41. The molecule has 0 aromatic heterocycles. The Hall–Kier alpha value is -3.22. The highest BCUT2D eigenvalue weighted by Gasteiger charge is 2.16. The minimum Gasteiger partial charge on any atom is -0.550 e. The first-order valence-corrected chi connectivity index (χ1v) is 7.92. The SMILES string of the molecule is COc1ccc(C(CC(=O)[O-])NC(=O)COc2ccccc2OC)cc1.